The number of aromatic nitrogens is 1. The molecule has 0 bridgehead atoms. The summed E-state index contributed by atoms with van der Waals surface area (Å²) in [5.74, 6) is -1.12. The SMILES string of the molecule is CC1(C(=O)O)C=C(c2nc(-c3ccc(Cl)c(Cl)c3)cs2)C=CC1c1ccccc1. The molecule has 2 atom stereocenters. The number of hydrogen-bond acceptors (Lipinski definition) is 3. The topological polar surface area (TPSA) is 50.2 Å². The lowest BCUT2D eigenvalue weighted by molar-refractivity contribution is -0.145. The Morgan fingerprint density at radius 2 is 1.90 bits per heavy atom. The van der Waals surface area contributed by atoms with Gasteiger partial charge in [0.05, 0.1) is 21.2 Å². The summed E-state index contributed by atoms with van der Waals surface area (Å²) < 4.78 is 0. The van der Waals surface area contributed by atoms with Crippen molar-refractivity contribution in [1.29, 1.82) is 0 Å². The highest BCUT2D eigenvalue weighted by molar-refractivity contribution is 7.11. The number of carbonyl (C=O) groups is 1. The lowest BCUT2D eigenvalue weighted by Crippen LogP contribution is -2.33. The van der Waals surface area contributed by atoms with Crippen LogP contribution < -0.4 is 0 Å². The fourth-order valence-corrected chi connectivity index (χ4v) is 4.62. The molecule has 29 heavy (non-hydrogen) atoms. The average Bonchev–Trinajstić information content (AvgIpc) is 3.21. The third-order valence-electron chi connectivity index (χ3n) is 5.16. The molecule has 2 aromatic carbocycles. The predicted molar refractivity (Wildman–Crippen MR) is 120 cm³/mol. The van der Waals surface area contributed by atoms with E-state index in [-0.39, 0.29) is 5.92 Å². The molecule has 0 fully saturated rings. The average molecular weight is 442 g/mol. The Balaban J connectivity index is 1.70. The molecular weight excluding hydrogens is 425 g/mol. The maximum Gasteiger partial charge on any atom is 0.314 e. The van der Waals surface area contributed by atoms with Gasteiger partial charge in [-0.2, -0.15) is 0 Å². The van der Waals surface area contributed by atoms with Crippen LogP contribution in [0.5, 0.6) is 0 Å². The first-order valence-corrected chi connectivity index (χ1v) is 10.6. The van der Waals surface area contributed by atoms with Crippen molar-refractivity contribution in [3.63, 3.8) is 0 Å². The number of thiazole rings is 1. The highest BCUT2D eigenvalue weighted by Crippen LogP contribution is 2.45. The zero-order valence-electron chi connectivity index (χ0n) is 15.5. The second kappa shape index (κ2) is 7.79. The van der Waals surface area contributed by atoms with Crippen molar-refractivity contribution in [2.45, 2.75) is 12.8 Å². The van der Waals surface area contributed by atoms with E-state index in [0.717, 1.165) is 27.4 Å². The number of carboxylic acids is 1. The van der Waals surface area contributed by atoms with Crippen molar-refractivity contribution >= 4 is 46.1 Å². The van der Waals surface area contributed by atoms with Crippen molar-refractivity contribution in [3.8, 4) is 11.3 Å². The Bertz CT molecular complexity index is 1140. The molecule has 1 heterocycles. The molecule has 146 valence electrons. The van der Waals surface area contributed by atoms with E-state index < -0.39 is 11.4 Å². The molecular formula is C23H17Cl2NO2S. The Hall–Kier alpha value is -2.40. The summed E-state index contributed by atoms with van der Waals surface area (Å²) in [4.78, 5) is 16.9. The van der Waals surface area contributed by atoms with E-state index in [1.165, 1.54) is 11.3 Å². The smallest absolute Gasteiger partial charge is 0.314 e. The fourth-order valence-electron chi connectivity index (χ4n) is 3.50. The zero-order valence-corrected chi connectivity index (χ0v) is 17.8. The van der Waals surface area contributed by atoms with Gasteiger partial charge in [0.25, 0.3) is 0 Å². The van der Waals surface area contributed by atoms with Crippen LogP contribution in [0.15, 0.2) is 72.1 Å². The first kappa shape index (κ1) is 19.9. The summed E-state index contributed by atoms with van der Waals surface area (Å²) in [6, 6.07) is 15.1. The van der Waals surface area contributed by atoms with Crippen LogP contribution >= 0.6 is 34.5 Å². The maximum atomic E-state index is 12.2. The van der Waals surface area contributed by atoms with Gasteiger partial charge >= 0.3 is 5.97 Å². The van der Waals surface area contributed by atoms with E-state index in [4.69, 9.17) is 28.2 Å². The number of hydrogen-bond donors (Lipinski definition) is 1. The summed E-state index contributed by atoms with van der Waals surface area (Å²) in [5, 5.41) is 13.7. The van der Waals surface area contributed by atoms with Crippen LogP contribution in [0.1, 0.15) is 23.4 Å². The van der Waals surface area contributed by atoms with Crippen LogP contribution in [-0.4, -0.2) is 16.1 Å². The van der Waals surface area contributed by atoms with Gasteiger partial charge in [0.15, 0.2) is 0 Å². The van der Waals surface area contributed by atoms with Crippen LogP contribution in [-0.2, 0) is 4.79 Å². The highest BCUT2D eigenvalue weighted by Gasteiger charge is 2.41. The van der Waals surface area contributed by atoms with E-state index in [1.807, 2.05) is 60.0 Å². The van der Waals surface area contributed by atoms with E-state index in [1.54, 1.807) is 19.1 Å². The zero-order chi connectivity index (χ0) is 20.6. The molecule has 0 spiro atoms. The van der Waals surface area contributed by atoms with Gasteiger partial charge in [0, 0.05) is 22.4 Å². The molecule has 0 amide bonds. The van der Waals surface area contributed by atoms with Gasteiger partial charge in [0.2, 0.25) is 0 Å². The van der Waals surface area contributed by atoms with Crippen LogP contribution in [0.3, 0.4) is 0 Å². The van der Waals surface area contributed by atoms with Gasteiger partial charge in [-0.3, -0.25) is 4.79 Å². The second-order valence-corrected chi connectivity index (χ2v) is 8.77. The van der Waals surface area contributed by atoms with Gasteiger partial charge in [-0.05, 0) is 24.6 Å². The van der Waals surface area contributed by atoms with Crippen molar-refractivity contribution in [3.05, 3.63) is 92.8 Å². The minimum absolute atomic E-state index is 0.251. The highest BCUT2D eigenvalue weighted by atomic mass is 35.5. The first-order chi connectivity index (χ1) is 13.9. The predicted octanol–water partition coefficient (Wildman–Crippen LogP) is 6.94. The van der Waals surface area contributed by atoms with Crippen LogP contribution in [0.25, 0.3) is 16.8 Å². The lowest BCUT2D eigenvalue weighted by Gasteiger charge is -2.33. The summed E-state index contributed by atoms with van der Waals surface area (Å²) in [6.45, 7) is 1.75. The number of rotatable bonds is 4. The number of nitrogens with zero attached hydrogens (tertiary/aromatic N) is 1. The van der Waals surface area contributed by atoms with Gasteiger partial charge < -0.3 is 5.11 Å². The first-order valence-electron chi connectivity index (χ1n) is 8.99. The number of allylic oxidation sites excluding steroid dienone is 3. The summed E-state index contributed by atoms with van der Waals surface area (Å²) >= 11 is 13.6. The molecule has 0 saturated heterocycles. The third kappa shape index (κ3) is 3.76. The number of benzene rings is 2. The van der Waals surface area contributed by atoms with Crippen molar-refractivity contribution in [1.82, 2.24) is 4.98 Å². The maximum absolute atomic E-state index is 12.2. The summed E-state index contributed by atoms with van der Waals surface area (Å²) in [6.07, 6.45) is 5.73. The van der Waals surface area contributed by atoms with E-state index >= 15 is 0 Å². The Morgan fingerprint density at radius 1 is 1.14 bits per heavy atom. The van der Waals surface area contributed by atoms with Crippen molar-refractivity contribution < 1.29 is 9.90 Å². The molecule has 1 aromatic heterocycles. The van der Waals surface area contributed by atoms with Crippen LogP contribution in [0.2, 0.25) is 10.0 Å². The summed E-state index contributed by atoms with van der Waals surface area (Å²) in [7, 11) is 0. The fraction of sp³-hybridized carbons (Fsp3) is 0.130. The monoisotopic (exact) mass is 441 g/mol. The minimum Gasteiger partial charge on any atom is -0.481 e. The normalized spacial score (nSPS) is 21.1. The van der Waals surface area contributed by atoms with E-state index in [2.05, 4.69) is 0 Å². The molecule has 2 unspecified atom stereocenters. The third-order valence-corrected chi connectivity index (χ3v) is 6.79. The molecule has 1 aliphatic carbocycles. The largest absolute Gasteiger partial charge is 0.481 e. The van der Waals surface area contributed by atoms with Crippen LogP contribution in [0.4, 0.5) is 0 Å². The molecule has 4 rings (SSSR count). The molecule has 0 saturated carbocycles. The standard InChI is InChI=1S/C23H17Cl2NO2S/c1-23(22(27)28)12-16(7-9-17(23)14-5-3-2-4-6-14)21-26-20(13-29-21)15-8-10-18(24)19(25)11-15/h2-13,17H,1H3,(H,27,28). The molecule has 6 heteroatoms. The second-order valence-electron chi connectivity index (χ2n) is 7.10. The van der Waals surface area contributed by atoms with Gasteiger partial charge in [-0.15, -0.1) is 11.3 Å². The number of aliphatic carboxylic acids is 1. The Morgan fingerprint density at radius 3 is 2.59 bits per heavy atom. The van der Waals surface area contributed by atoms with Gasteiger partial charge in [-0.25, -0.2) is 4.98 Å². The number of carboxylic acid groups (broad SMARTS) is 1. The molecule has 3 aromatic rings. The van der Waals surface area contributed by atoms with E-state index in [9.17, 15) is 9.90 Å². The van der Waals surface area contributed by atoms with Crippen molar-refractivity contribution in [2.24, 2.45) is 5.41 Å². The summed E-state index contributed by atoms with van der Waals surface area (Å²) in [5.41, 5.74) is 2.35. The molecule has 0 aliphatic heterocycles. The van der Waals surface area contributed by atoms with Gasteiger partial charge in [0.1, 0.15) is 5.01 Å². The Kier molecular flexibility index (Phi) is 5.34. The molecule has 1 aliphatic rings. The minimum atomic E-state index is -1.07. The quantitative estimate of drug-likeness (QED) is 0.476. The Labute approximate surface area is 183 Å². The number of halogens is 2. The van der Waals surface area contributed by atoms with Crippen molar-refractivity contribution in [2.75, 3.05) is 0 Å². The molecule has 3 nitrogen and oxygen atoms in total. The van der Waals surface area contributed by atoms with Crippen LogP contribution in [0, 0.1) is 5.41 Å². The van der Waals surface area contributed by atoms with E-state index in [0.29, 0.717) is 10.0 Å². The lowest BCUT2D eigenvalue weighted by atomic mass is 9.70. The molecule has 0 radical (unpaired) electrons. The van der Waals surface area contributed by atoms with Gasteiger partial charge in [-0.1, -0.05) is 77.8 Å². The molecule has 1 N–H and O–H groups in total.